The van der Waals surface area contributed by atoms with Crippen LogP contribution in [-0.2, 0) is 5.41 Å². The highest BCUT2D eigenvalue weighted by Gasteiger charge is 2.31. The normalized spacial score (nSPS) is 12.7. The number of halogens is 1. The van der Waals surface area contributed by atoms with Gasteiger partial charge in [0.15, 0.2) is 0 Å². The molecule has 1 N–H and O–H groups in total. The summed E-state index contributed by atoms with van der Waals surface area (Å²) in [4.78, 5) is 0. The molecular formula is C18H30BrN. The van der Waals surface area contributed by atoms with E-state index in [0.29, 0.717) is 0 Å². The quantitative estimate of drug-likeness (QED) is 0.674. The van der Waals surface area contributed by atoms with E-state index in [1.54, 1.807) is 0 Å². The fourth-order valence-corrected chi connectivity index (χ4v) is 3.30. The third-order valence-electron chi connectivity index (χ3n) is 3.85. The van der Waals surface area contributed by atoms with E-state index in [9.17, 15) is 0 Å². The molecule has 1 aromatic rings. The van der Waals surface area contributed by atoms with Gasteiger partial charge in [0.25, 0.3) is 0 Å². The third-order valence-corrected chi connectivity index (χ3v) is 4.34. The molecule has 0 unspecified atom stereocenters. The molecule has 1 rings (SSSR count). The van der Waals surface area contributed by atoms with Gasteiger partial charge in [-0.05, 0) is 51.3 Å². The summed E-state index contributed by atoms with van der Waals surface area (Å²) in [6.07, 6.45) is 4.91. The first kappa shape index (κ1) is 17.7. The standard InChI is InChI=1S/C18H30BrN/c1-6-11-18(12-7-2,14-20-17(3,4)5)15-9-8-10-16(19)13-15/h8-10,13,20H,6-7,11-12,14H2,1-5H3. The van der Waals surface area contributed by atoms with Crippen molar-refractivity contribution in [3.8, 4) is 0 Å². The predicted octanol–water partition coefficient (Wildman–Crippen LogP) is 5.68. The van der Waals surface area contributed by atoms with Crippen molar-refractivity contribution >= 4 is 15.9 Å². The van der Waals surface area contributed by atoms with Gasteiger partial charge in [-0.3, -0.25) is 0 Å². The molecule has 0 aromatic heterocycles. The first-order chi connectivity index (χ1) is 9.33. The molecular weight excluding hydrogens is 310 g/mol. The Morgan fingerprint density at radius 1 is 1.05 bits per heavy atom. The van der Waals surface area contributed by atoms with E-state index >= 15 is 0 Å². The maximum atomic E-state index is 3.74. The molecule has 0 bridgehead atoms. The van der Waals surface area contributed by atoms with E-state index in [1.165, 1.54) is 35.7 Å². The number of hydrogen-bond acceptors (Lipinski definition) is 1. The lowest BCUT2D eigenvalue weighted by molar-refractivity contribution is 0.292. The van der Waals surface area contributed by atoms with Gasteiger partial charge in [0, 0.05) is 22.0 Å². The van der Waals surface area contributed by atoms with Crippen molar-refractivity contribution in [3.63, 3.8) is 0 Å². The molecule has 0 saturated carbocycles. The molecule has 0 saturated heterocycles. The topological polar surface area (TPSA) is 12.0 Å². The van der Waals surface area contributed by atoms with Crippen LogP contribution in [0, 0.1) is 0 Å². The zero-order valence-electron chi connectivity index (χ0n) is 13.7. The highest BCUT2D eigenvalue weighted by molar-refractivity contribution is 9.10. The van der Waals surface area contributed by atoms with E-state index in [4.69, 9.17) is 0 Å². The lowest BCUT2D eigenvalue weighted by Crippen LogP contribution is -2.46. The van der Waals surface area contributed by atoms with E-state index in [1.807, 2.05) is 0 Å². The zero-order chi connectivity index (χ0) is 15.2. The molecule has 20 heavy (non-hydrogen) atoms. The summed E-state index contributed by atoms with van der Waals surface area (Å²) in [7, 11) is 0. The Morgan fingerprint density at radius 3 is 2.10 bits per heavy atom. The maximum absolute atomic E-state index is 3.74. The second kappa shape index (κ2) is 7.61. The van der Waals surface area contributed by atoms with E-state index < -0.39 is 0 Å². The summed E-state index contributed by atoms with van der Waals surface area (Å²) in [6.45, 7) is 12.4. The summed E-state index contributed by atoms with van der Waals surface area (Å²) in [5, 5.41) is 3.74. The minimum atomic E-state index is 0.165. The van der Waals surface area contributed by atoms with Crippen molar-refractivity contribution in [2.45, 2.75) is 71.3 Å². The molecule has 114 valence electrons. The molecule has 1 nitrogen and oxygen atoms in total. The Hall–Kier alpha value is -0.340. The van der Waals surface area contributed by atoms with Crippen LogP contribution in [0.4, 0.5) is 0 Å². The molecule has 0 radical (unpaired) electrons. The highest BCUT2D eigenvalue weighted by atomic mass is 79.9. The summed E-state index contributed by atoms with van der Waals surface area (Å²) in [6, 6.07) is 8.87. The van der Waals surface area contributed by atoms with Crippen molar-refractivity contribution in [3.05, 3.63) is 34.3 Å². The van der Waals surface area contributed by atoms with Crippen LogP contribution < -0.4 is 5.32 Å². The van der Waals surface area contributed by atoms with Gasteiger partial charge in [0.2, 0.25) is 0 Å². The van der Waals surface area contributed by atoms with Crippen molar-refractivity contribution in [2.24, 2.45) is 0 Å². The molecule has 0 spiro atoms. The average molecular weight is 340 g/mol. The summed E-state index contributed by atoms with van der Waals surface area (Å²) in [5.74, 6) is 0. The summed E-state index contributed by atoms with van der Waals surface area (Å²) < 4.78 is 1.18. The van der Waals surface area contributed by atoms with Crippen molar-refractivity contribution in [2.75, 3.05) is 6.54 Å². The fraction of sp³-hybridized carbons (Fsp3) is 0.667. The number of rotatable bonds is 7. The Balaban J connectivity index is 3.09. The first-order valence-electron chi connectivity index (χ1n) is 7.84. The molecule has 0 aliphatic heterocycles. The van der Waals surface area contributed by atoms with E-state index in [0.717, 1.165) is 6.54 Å². The average Bonchev–Trinajstić information content (AvgIpc) is 2.35. The second-order valence-corrected chi connectivity index (χ2v) is 7.81. The number of hydrogen-bond donors (Lipinski definition) is 1. The maximum Gasteiger partial charge on any atom is 0.0178 e. The van der Waals surface area contributed by atoms with Gasteiger partial charge in [0.05, 0.1) is 0 Å². The summed E-state index contributed by atoms with van der Waals surface area (Å²) in [5.41, 5.74) is 1.88. The predicted molar refractivity (Wildman–Crippen MR) is 93.4 cm³/mol. The van der Waals surface area contributed by atoms with Crippen LogP contribution in [0.2, 0.25) is 0 Å². The number of nitrogens with one attached hydrogen (secondary N) is 1. The van der Waals surface area contributed by atoms with Gasteiger partial charge >= 0.3 is 0 Å². The van der Waals surface area contributed by atoms with Crippen molar-refractivity contribution < 1.29 is 0 Å². The summed E-state index contributed by atoms with van der Waals surface area (Å²) >= 11 is 3.63. The van der Waals surface area contributed by atoms with Crippen LogP contribution >= 0.6 is 15.9 Å². The third kappa shape index (κ3) is 5.21. The van der Waals surface area contributed by atoms with Crippen LogP contribution in [0.3, 0.4) is 0 Å². The lowest BCUT2D eigenvalue weighted by Gasteiger charge is -2.37. The monoisotopic (exact) mass is 339 g/mol. The van der Waals surface area contributed by atoms with Crippen LogP contribution in [0.25, 0.3) is 0 Å². The Morgan fingerprint density at radius 2 is 1.65 bits per heavy atom. The number of benzene rings is 1. The van der Waals surface area contributed by atoms with E-state index in [2.05, 4.69) is 80.1 Å². The van der Waals surface area contributed by atoms with Gasteiger partial charge in [-0.15, -0.1) is 0 Å². The van der Waals surface area contributed by atoms with Gasteiger partial charge in [-0.1, -0.05) is 54.8 Å². The molecule has 0 amide bonds. The SMILES string of the molecule is CCCC(CCC)(CNC(C)(C)C)c1cccc(Br)c1. The molecule has 0 aliphatic rings. The highest BCUT2D eigenvalue weighted by Crippen LogP contribution is 2.35. The molecule has 0 aliphatic carbocycles. The smallest absolute Gasteiger partial charge is 0.0178 e. The molecule has 0 atom stereocenters. The Kier molecular flexibility index (Phi) is 6.74. The van der Waals surface area contributed by atoms with Gasteiger partial charge in [-0.25, -0.2) is 0 Å². The van der Waals surface area contributed by atoms with Gasteiger partial charge < -0.3 is 5.32 Å². The van der Waals surface area contributed by atoms with Crippen LogP contribution in [-0.4, -0.2) is 12.1 Å². The Labute approximate surface area is 133 Å². The molecule has 1 aromatic carbocycles. The molecule has 0 heterocycles. The molecule has 2 heteroatoms. The van der Waals surface area contributed by atoms with Gasteiger partial charge in [0.1, 0.15) is 0 Å². The largest absolute Gasteiger partial charge is 0.311 e. The van der Waals surface area contributed by atoms with E-state index in [-0.39, 0.29) is 11.0 Å². The Bertz CT molecular complexity index is 400. The minimum absolute atomic E-state index is 0.165. The fourth-order valence-electron chi connectivity index (χ4n) is 2.90. The van der Waals surface area contributed by atoms with Crippen LogP contribution in [0.5, 0.6) is 0 Å². The van der Waals surface area contributed by atoms with Crippen LogP contribution in [0.1, 0.15) is 65.9 Å². The first-order valence-corrected chi connectivity index (χ1v) is 8.63. The minimum Gasteiger partial charge on any atom is -0.311 e. The lowest BCUT2D eigenvalue weighted by atomic mass is 9.73. The van der Waals surface area contributed by atoms with Crippen molar-refractivity contribution in [1.29, 1.82) is 0 Å². The van der Waals surface area contributed by atoms with Crippen LogP contribution in [0.15, 0.2) is 28.7 Å². The zero-order valence-corrected chi connectivity index (χ0v) is 15.3. The van der Waals surface area contributed by atoms with Crippen molar-refractivity contribution in [1.82, 2.24) is 5.32 Å². The second-order valence-electron chi connectivity index (χ2n) is 6.89. The molecule has 0 fully saturated rings. The van der Waals surface area contributed by atoms with Gasteiger partial charge in [-0.2, -0.15) is 0 Å².